The van der Waals surface area contributed by atoms with E-state index in [1.165, 1.54) is 56.8 Å². The van der Waals surface area contributed by atoms with Gasteiger partial charge in [0.05, 0.1) is 12.7 Å². The standard InChI is InChI=1S/C11H21NOS/c1-2-4-6-12(5-3-1)7-8-14-10-11-9-13-11/h11H,1-10H2. The molecule has 14 heavy (non-hydrogen) atoms. The van der Waals surface area contributed by atoms with Crippen molar-refractivity contribution in [2.75, 3.05) is 37.7 Å². The largest absolute Gasteiger partial charge is 0.372 e. The SMILES string of the molecule is C1CCCN(CCSCC2CO2)CC1. The summed E-state index contributed by atoms with van der Waals surface area (Å²) in [5, 5.41) is 0. The van der Waals surface area contributed by atoms with Crippen LogP contribution in [0, 0.1) is 0 Å². The van der Waals surface area contributed by atoms with Crippen molar-refractivity contribution in [3.05, 3.63) is 0 Å². The maximum Gasteiger partial charge on any atom is 0.0900 e. The Morgan fingerprint density at radius 2 is 1.86 bits per heavy atom. The molecular formula is C11H21NOS. The summed E-state index contributed by atoms with van der Waals surface area (Å²) in [5.74, 6) is 2.51. The molecule has 1 unspecified atom stereocenters. The monoisotopic (exact) mass is 215 g/mol. The molecule has 0 aromatic rings. The van der Waals surface area contributed by atoms with Gasteiger partial charge in [0.25, 0.3) is 0 Å². The lowest BCUT2D eigenvalue weighted by Gasteiger charge is -2.18. The molecule has 3 heteroatoms. The van der Waals surface area contributed by atoms with Crippen LogP contribution in [0.2, 0.25) is 0 Å². The number of ether oxygens (including phenoxy) is 1. The zero-order chi connectivity index (χ0) is 9.64. The Balaban J connectivity index is 1.49. The molecule has 0 saturated carbocycles. The lowest BCUT2D eigenvalue weighted by atomic mass is 10.2. The second-order valence-electron chi connectivity index (χ2n) is 4.29. The third kappa shape index (κ3) is 4.20. The Morgan fingerprint density at radius 1 is 1.14 bits per heavy atom. The molecule has 82 valence electrons. The van der Waals surface area contributed by atoms with Crippen molar-refractivity contribution >= 4 is 11.8 Å². The summed E-state index contributed by atoms with van der Waals surface area (Å²) in [4.78, 5) is 2.63. The van der Waals surface area contributed by atoms with E-state index < -0.39 is 0 Å². The molecule has 1 atom stereocenters. The van der Waals surface area contributed by atoms with E-state index in [1.54, 1.807) is 0 Å². The molecule has 0 aromatic carbocycles. The third-order valence-electron chi connectivity index (χ3n) is 2.96. The quantitative estimate of drug-likeness (QED) is 0.515. The highest BCUT2D eigenvalue weighted by Crippen LogP contribution is 2.16. The fraction of sp³-hybridized carbons (Fsp3) is 1.00. The molecule has 0 amide bonds. The zero-order valence-corrected chi connectivity index (χ0v) is 9.73. The van der Waals surface area contributed by atoms with E-state index in [0.29, 0.717) is 6.10 Å². The molecule has 0 aliphatic carbocycles. The summed E-state index contributed by atoms with van der Waals surface area (Å²) in [7, 11) is 0. The highest BCUT2D eigenvalue weighted by Gasteiger charge is 2.21. The van der Waals surface area contributed by atoms with Crippen molar-refractivity contribution in [3.8, 4) is 0 Å². The highest BCUT2D eigenvalue weighted by atomic mass is 32.2. The van der Waals surface area contributed by atoms with Crippen LogP contribution in [-0.4, -0.2) is 48.8 Å². The Hall–Kier alpha value is 0.270. The fourth-order valence-corrected chi connectivity index (χ4v) is 2.94. The van der Waals surface area contributed by atoms with E-state index in [-0.39, 0.29) is 0 Å². The summed E-state index contributed by atoms with van der Waals surface area (Å²) < 4.78 is 5.19. The maximum absolute atomic E-state index is 5.19. The molecule has 2 heterocycles. The van der Waals surface area contributed by atoms with E-state index in [4.69, 9.17) is 4.74 Å². The smallest absolute Gasteiger partial charge is 0.0900 e. The van der Waals surface area contributed by atoms with E-state index >= 15 is 0 Å². The van der Waals surface area contributed by atoms with Gasteiger partial charge >= 0.3 is 0 Å². The van der Waals surface area contributed by atoms with Crippen LogP contribution in [0.5, 0.6) is 0 Å². The molecule has 0 N–H and O–H groups in total. The van der Waals surface area contributed by atoms with E-state index in [1.807, 2.05) is 0 Å². The average Bonchev–Trinajstić information content (AvgIpc) is 3.01. The first kappa shape index (κ1) is 10.8. The van der Waals surface area contributed by atoms with Crippen LogP contribution in [0.4, 0.5) is 0 Å². The van der Waals surface area contributed by atoms with Crippen LogP contribution in [-0.2, 0) is 4.74 Å². The fourth-order valence-electron chi connectivity index (χ4n) is 1.93. The van der Waals surface area contributed by atoms with Crippen LogP contribution in [0.1, 0.15) is 25.7 Å². The molecule has 2 nitrogen and oxygen atoms in total. The topological polar surface area (TPSA) is 15.8 Å². The summed E-state index contributed by atoms with van der Waals surface area (Å²) >= 11 is 2.06. The van der Waals surface area contributed by atoms with E-state index in [2.05, 4.69) is 16.7 Å². The maximum atomic E-state index is 5.19. The van der Waals surface area contributed by atoms with Gasteiger partial charge in [-0.25, -0.2) is 0 Å². The molecule has 2 aliphatic heterocycles. The highest BCUT2D eigenvalue weighted by molar-refractivity contribution is 7.99. The van der Waals surface area contributed by atoms with Gasteiger partial charge in [0.2, 0.25) is 0 Å². The van der Waals surface area contributed by atoms with Crippen molar-refractivity contribution in [3.63, 3.8) is 0 Å². The Labute approximate surface area is 91.4 Å². The molecule has 0 bridgehead atoms. The van der Waals surface area contributed by atoms with E-state index in [9.17, 15) is 0 Å². The summed E-state index contributed by atoms with van der Waals surface area (Å²) in [6, 6.07) is 0. The van der Waals surface area contributed by atoms with E-state index in [0.717, 1.165) is 6.61 Å². The van der Waals surface area contributed by atoms with Gasteiger partial charge in [-0.1, -0.05) is 12.8 Å². The first-order valence-corrected chi connectivity index (χ1v) is 7.02. The van der Waals surface area contributed by atoms with Crippen molar-refractivity contribution in [1.29, 1.82) is 0 Å². The normalized spacial score (nSPS) is 28.7. The number of epoxide rings is 1. The summed E-state index contributed by atoms with van der Waals surface area (Å²) in [5.41, 5.74) is 0. The summed E-state index contributed by atoms with van der Waals surface area (Å²) in [6.07, 6.45) is 6.32. The van der Waals surface area contributed by atoms with Gasteiger partial charge in [-0.2, -0.15) is 11.8 Å². The number of hydrogen-bond donors (Lipinski definition) is 0. The molecule has 2 saturated heterocycles. The first-order valence-electron chi connectivity index (χ1n) is 5.87. The predicted molar refractivity (Wildman–Crippen MR) is 62.0 cm³/mol. The minimum Gasteiger partial charge on any atom is -0.372 e. The number of hydrogen-bond acceptors (Lipinski definition) is 3. The lowest BCUT2D eigenvalue weighted by molar-refractivity contribution is 0.303. The van der Waals surface area contributed by atoms with Crippen LogP contribution in [0.15, 0.2) is 0 Å². The van der Waals surface area contributed by atoms with Crippen LogP contribution < -0.4 is 0 Å². The molecule has 0 radical (unpaired) electrons. The van der Waals surface area contributed by atoms with Crippen LogP contribution in [0.25, 0.3) is 0 Å². The van der Waals surface area contributed by atoms with Gasteiger partial charge in [-0.05, 0) is 25.9 Å². The van der Waals surface area contributed by atoms with Gasteiger partial charge in [-0.15, -0.1) is 0 Å². The molecular weight excluding hydrogens is 194 g/mol. The number of rotatable bonds is 5. The van der Waals surface area contributed by atoms with Gasteiger partial charge in [0, 0.05) is 18.1 Å². The second-order valence-corrected chi connectivity index (χ2v) is 5.44. The Morgan fingerprint density at radius 3 is 2.50 bits per heavy atom. The first-order chi connectivity index (χ1) is 6.95. The molecule has 2 aliphatic rings. The Bertz CT molecular complexity index is 153. The minimum absolute atomic E-state index is 0.601. The van der Waals surface area contributed by atoms with Crippen LogP contribution >= 0.6 is 11.8 Å². The molecule has 2 fully saturated rings. The van der Waals surface area contributed by atoms with Gasteiger partial charge < -0.3 is 9.64 Å². The van der Waals surface area contributed by atoms with Gasteiger partial charge in [0.1, 0.15) is 0 Å². The Kier molecular flexibility index (Phi) is 4.61. The number of thioether (sulfide) groups is 1. The van der Waals surface area contributed by atoms with Crippen LogP contribution in [0.3, 0.4) is 0 Å². The molecule has 0 spiro atoms. The molecule has 0 aromatic heterocycles. The minimum atomic E-state index is 0.601. The van der Waals surface area contributed by atoms with Crippen molar-refractivity contribution in [1.82, 2.24) is 4.90 Å². The van der Waals surface area contributed by atoms with Gasteiger partial charge in [0.15, 0.2) is 0 Å². The third-order valence-corrected chi connectivity index (χ3v) is 4.04. The lowest BCUT2D eigenvalue weighted by Crippen LogP contribution is -2.27. The predicted octanol–water partition coefficient (Wildman–Crippen LogP) is 1.99. The summed E-state index contributed by atoms with van der Waals surface area (Å²) in [6.45, 7) is 4.97. The van der Waals surface area contributed by atoms with Crippen molar-refractivity contribution < 1.29 is 4.74 Å². The number of likely N-dealkylation sites (tertiary alicyclic amines) is 1. The zero-order valence-electron chi connectivity index (χ0n) is 8.91. The van der Waals surface area contributed by atoms with Crippen molar-refractivity contribution in [2.24, 2.45) is 0 Å². The van der Waals surface area contributed by atoms with Gasteiger partial charge in [-0.3, -0.25) is 0 Å². The number of nitrogens with zero attached hydrogens (tertiary/aromatic N) is 1. The molecule has 2 rings (SSSR count). The average molecular weight is 215 g/mol. The second kappa shape index (κ2) is 5.99. The van der Waals surface area contributed by atoms with Crippen molar-refractivity contribution in [2.45, 2.75) is 31.8 Å².